The van der Waals surface area contributed by atoms with E-state index in [0.717, 1.165) is 50.2 Å². The van der Waals surface area contributed by atoms with Crippen molar-refractivity contribution in [3.8, 4) is 0 Å². The highest BCUT2D eigenvalue weighted by Crippen LogP contribution is 2.24. The molecule has 2 nitrogen and oxygen atoms in total. The second-order valence-corrected chi connectivity index (χ2v) is 5.96. The normalized spacial score (nSPS) is 21.2. The van der Waals surface area contributed by atoms with E-state index in [-0.39, 0.29) is 5.83 Å². The zero-order valence-electron chi connectivity index (χ0n) is 13.1. The van der Waals surface area contributed by atoms with Gasteiger partial charge in [0.25, 0.3) is 0 Å². The van der Waals surface area contributed by atoms with Gasteiger partial charge < -0.3 is 10.2 Å². The highest BCUT2D eigenvalue weighted by atomic mass is 19.1. The number of nitrogens with zero attached hydrogens (tertiary/aromatic N) is 1. The first-order valence-electron chi connectivity index (χ1n) is 8.00. The maximum absolute atomic E-state index is 13.6. The summed E-state index contributed by atoms with van der Waals surface area (Å²) in [7, 11) is 1.92. The molecule has 0 aromatic heterocycles. The van der Waals surface area contributed by atoms with Gasteiger partial charge in [-0.25, -0.2) is 4.39 Å². The van der Waals surface area contributed by atoms with E-state index >= 15 is 0 Å². The number of hydrogen-bond donors (Lipinski definition) is 1. The molecule has 1 N–H and O–H groups in total. The molecule has 2 rings (SSSR count). The molecule has 116 valence electrons. The van der Waals surface area contributed by atoms with Gasteiger partial charge in [-0.05, 0) is 62.8 Å². The van der Waals surface area contributed by atoms with Gasteiger partial charge in [-0.2, -0.15) is 0 Å². The van der Waals surface area contributed by atoms with Crippen molar-refractivity contribution >= 4 is 0 Å². The zero-order valence-corrected chi connectivity index (χ0v) is 13.1. The van der Waals surface area contributed by atoms with Crippen LogP contribution in [0.3, 0.4) is 0 Å². The lowest BCUT2D eigenvalue weighted by molar-refractivity contribution is 0.204. The Kier molecular flexibility index (Phi) is 6.24. The highest BCUT2D eigenvalue weighted by Gasteiger charge is 2.17. The number of hydrogen-bond acceptors (Lipinski definition) is 2. The van der Waals surface area contributed by atoms with E-state index in [2.05, 4.69) is 22.9 Å². The minimum absolute atomic E-state index is 0.0551. The standard InChI is InChI=1S/C18H27FN2/c1-15(20-2)9-12-21-13-10-16(11-14-21)7-8-17-5-3-4-6-18(17)19/h4,6-8,16,20H,1,3,5,9-14H2,2H3/b8-7+. The van der Waals surface area contributed by atoms with Crippen LogP contribution in [0.4, 0.5) is 4.39 Å². The molecule has 0 spiro atoms. The number of allylic oxidation sites excluding steroid dienone is 6. The van der Waals surface area contributed by atoms with Crippen LogP contribution in [0.2, 0.25) is 0 Å². The third-order valence-corrected chi connectivity index (χ3v) is 4.44. The molecular formula is C18H27FN2. The van der Waals surface area contributed by atoms with Crippen molar-refractivity contribution in [2.45, 2.75) is 32.1 Å². The highest BCUT2D eigenvalue weighted by molar-refractivity contribution is 5.32. The molecule has 0 bridgehead atoms. The Morgan fingerprint density at radius 2 is 2.24 bits per heavy atom. The van der Waals surface area contributed by atoms with E-state index < -0.39 is 0 Å². The summed E-state index contributed by atoms with van der Waals surface area (Å²) in [5.74, 6) is 0.542. The SMILES string of the molecule is C=C(CCN1CCC(/C=C/C2=C(F)C=CCC2)CC1)NC. The molecule has 1 aliphatic carbocycles. The minimum Gasteiger partial charge on any atom is -0.392 e. The molecule has 3 heteroatoms. The largest absolute Gasteiger partial charge is 0.392 e. The number of nitrogens with one attached hydrogen (secondary N) is 1. The molecule has 1 aliphatic heterocycles. The van der Waals surface area contributed by atoms with Crippen molar-refractivity contribution in [3.63, 3.8) is 0 Å². The summed E-state index contributed by atoms with van der Waals surface area (Å²) in [6.45, 7) is 7.31. The van der Waals surface area contributed by atoms with Crippen molar-refractivity contribution in [1.29, 1.82) is 0 Å². The van der Waals surface area contributed by atoms with Crippen LogP contribution in [0.15, 0.2) is 48.0 Å². The number of halogens is 1. The summed E-state index contributed by atoms with van der Waals surface area (Å²) in [6, 6.07) is 0. The van der Waals surface area contributed by atoms with Crippen molar-refractivity contribution in [2.75, 3.05) is 26.7 Å². The molecule has 0 aromatic carbocycles. The topological polar surface area (TPSA) is 15.3 Å². The fourth-order valence-electron chi connectivity index (χ4n) is 2.85. The molecule has 1 heterocycles. The molecule has 0 aromatic rings. The lowest BCUT2D eigenvalue weighted by Crippen LogP contribution is -2.34. The lowest BCUT2D eigenvalue weighted by Gasteiger charge is -2.30. The van der Waals surface area contributed by atoms with E-state index in [1.165, 1.54) is 12.8 Å². The Balaban J connectivity index is 1.74. The first-order chi connectivity index (χ1) is 10.2. The quantitative estimate of drug-likeness (QED) is 0.797. The lowest BCUT2D eigenvalue weighted by atomic mass is 9.94. The molecule has 1 fully saturated rings. The minimum atomic E-state index is -0.0551. The molecule has 1 saturated heterocycles. The van der Waals surface area contributed by atoms with E-state index in [4.69, 9.17) is 0 Å². The molecule has 0 atom stereocenters. The summed E-state index contributed by atoms with van der Waals surface area (Å²) in [4.78, 5) is 2.50. The van der Waals surface area contributed by atoms with E-state index in [1.807, 2.05) is 19.2 Å². The Morgan fingerprint density at radius 3 is 2.90 bits per heavy atom. The van der Waals surface area contributed by atoms with Gasteiger partial charge in [-0.15, -0.1) is 0 Å². The third kappa shape index (κ3) is 5.16. The maximum Gasteiger partial charge on any atom is 0.126 e. The molecular weight excluding hydrogens is 263 g/mol. The van der Waals surface area contributed by atoms with Crippen molar-refractivity contribution in [2.24, 2.45) is 5.92 Å². The average molecular weight is 290 g/mol. The first-order valence-corrected chi connectivity index (χ1v) is 8.00. The van der Waals surface area contributed by atoms with E-state index in [0.29, 0.717) is 5.92 Å². The predicted octanol–water partition coefficient (Wildman–Crippen LogP) is 3.95. The summed E-state index contributed by atoms with van der Waals surface area (Å²) >= 11 is 0. The Morgan fingerprint density at radius 1 is 1.48 bits per heavy atom. The molecule has 21 heavy (non-hydrogen) atoms. The Hall–Kier alpha value is -1.35. The molecule has 0 amide bonds. The number of likely N-dealkylation sites (tertiary alicyclic amines) is 1. The molecule has 0 radical (unpaired) electrons. The Bertz CT molecular complexity index is 440. The molecule has 0 saturated carbocycles. The van der Waals surface area contributed by atoms with Gasteiger partial charge in [-0.1, -0.05) is 24.8 Å². The van der Waals surface area contributed by atoms with Gasteiger partial charge in [0.15, 0.2) is 0 Å². The van der Waals surface area contributed by atoms with Crippen molar-refractivity contribution in [1.82, 2.24) is 10.2 Å². The van der Waals surface area contributed by atoms with Gasteiger partial charge in [-0.3, -0.25) is 0 Å². The predicted molar refractivity (Wildman–Crippen MR) is 87.6 cm³/mol. The Labute approximate surface area is 128 Å². The molecule has 0 unspecified atom stereocenters. The maximum atomic E-state index is 13.6. The van der Waals surface area contributed by atoms with Crippen LogP contribution in [0, 0.1) is 5.92 Å². The number of piperidine rings is 1. The van der Waals surface area contributed by atoms with Gasteiger partial charge in [0, 0.05) is 19.3 Å². The van der Waals surface area contributed by atoms with Crippen LogP contribution in [-0.4, -0.2) is 31.6 Å². The van der Waals surface area contributed by atoms with Gasteiger partial charge in [0.05, 0.1) is 0 Å². The summed E-state index contributed by atoms with van der Waals surface area (Å²) in [5.41, 5.74) is 1.97. The van der Waals surface area contributed by atoms with Crippen LogP contribution in [0.1, 0.15) is 32.1 Å². The zero-order chi connectivity index (χ0) is 15.1. The molecule has 2 aliphatic rings. The van der Waals surface area contributed by atoms with Crippen molar-refractivity contribution < 1.29 is 4.39 Å². The second kappa shape index (κ2) is 8.18. The van der Waals surface area contributed by atoms with Crippen LogP contribution in [-0.2, 0) is 0 Å². The summed E-state index contributed by atoms with van der Waals surface area (Å²) in [6.07, 6.45) is 12.9. The third-order valence-electron chi connectivity index (χ3n) is 4.44. The van der Waals surface area contributed by atoms with Crippen LogP contribution >= 0.6 is 0 Å². The number of rotatable bonds is 6. The van der Waals surface area contributed by atoms with Crippen molar-refractivity contribution in [3.05, 3.63) is 48.0 Å². The fraction of sp³-hybridized carbons (Fsp3) is 0.556. The second-order valence-electron chi connectivity index (χ2n) is 5.96. The summed E-state index contributed by atoms with van der Waals surface area (Å²) < 4.78 is 13.6. The van der Waals surface area contributed by atoms with Gasteiger partial charge >= 0.3 is 0 Å². The van der Waals surface area contributed by atoms with Gasteiger partial charge in [0.2, 0.25) is 0 Å². The van der Waals surface area contributed by atoms with Crippen LogP contribution < -0.4 is 5.32 Å². The first kappa shape index (κ1) is 16.0. The van der Waals surface area contributed by atoms with E-state index in [1.54, 1.807) is 6.08 Å². The average Bonchev–Trinajstić information content (AvgIpc) is 2.53. The fourth-order valence-corrected chi connectivity index (χ4v) is 2.85. The summed E-state index contributed by atoms with van der Waals surface area (Å²) in [5, 5.41) is 3.10. The monoisotopic (exact) mass is 290 g/mol. The van der Waals surface area contributed by atoms with Crippen LogP contribution in [0.5, 0.6) is 0 Å². The van der Waals surface area contributed by atoms with Crippen LogP contribution in [0.25, 0.3) is 0 Å². The smallest absolute Gasteiger partial charge is 0.126 e. The van der Waals surface area contributed by atoms with Gasteiger partial charge in [0.1, 0.15) is 5.83 Å². The van der Waals surface area contributed by atoms with E-state index in [9.17, 15) is 4.39 Å².